The van der Waals surface area contributed by atoms with E-state index in [1.165, 1.54) is 0 Å². The minimum atomic E-state index is -2.20. The summed E-state index contributed by atoms with van der Waals surface area (Å²) in [6.45, 7) is 6.37. The largest absolute Gasteiger partial charge is 0.479 e. The Balaban J connectivity index is 1.33. The van der Waals surface area contributed by atoms with Crippen LogP contribution >= 0.6 is 0 Å². The fourth-order valence-corrected chi connectivity index (χ4v) is 4.72. The molecule has 0 radical (unpaired) electrons. The number of hydrogen-bond acceptors (Lipinski definition) is 7. The molecule has 2 aromatic rings. The van der Waals surface area contributed by atoms with Crippen molar-refractivity contribution in [2.75, 3.05) is 39.3 Å². The van der Waals surface area contributed by atoms with Crippen LogP contribution in [0.4, 0.5) is 4.79 Å². The summed E-state index contributed by atoms with van der Waals surface area (Å²) in [6, 6.07) is 16.3. The van der Waals surface area contributed by atoms with Gasteiger partial charge in [-0.05, 0) is 43.0 Å². The number of esters is 1. The van der Waals surface area contributed by atoms with Crippen molar-refractivity contribution >= 4 is 18.0 Å². The second-order valence-electron chi connectivity index (χ2n) is 10.3. The van der Waals surface area contributed by atoms with Crippen LogP contribution in [0.5, 0.6) is 0 Å². The monoisotopic (exact) mass is 495 g/mol. The van der Waals surface area contributed by atoms with Crippen LogP contribution in [0.25, 0.3) is 11.1 Å². The molecule has 2 aliphatic rings. The van der Waals surface area contributed by atoms with Crippen molar-refractivity contribution in [2.24, 2.45) is 5.73 Å². The molecule has 1 atom stereocenters. The molecule has 192 valence electrons. The molecule has 1 fully saturated rings. The molecule has 0 spiro atoms. The molecule has 1 aliphatic heterocycles. The summed E-state index contributed by atoms with van der Waals surface area (Å²) in [6.07, 6.45) is -0.416. The van der Waals surface area contributed by atoms with Crippen molar-refractivity contribution < 1.29 is 29.0 Å². The molecule has 0 aromatic heterocycles. The lowest BCUT2D eigenvalue weighted by molar-refractivity contribution is -0.170. The van der Waals surface area contributed by atoms with Gasteiger partial charge in [0.25, 0.3) is 0 Å². The van der Waals surface area contributed by atoms with E-state index in [1.54, 1.807) is 30.6 Å². The van der Waals surface area contributed by atoms with Gasteiger partial charge in [0.05, 0.1) is 0 Å². The molecule has 1 aliphatic carbocycles. The first-order valence-electron chi connectivity index (χ1n) is 12.1. The van der Waals surface area contributed by atoms with E-state index in [4.69, 9.17) is 15.2 Å². The van der Waals surface area contributed by atoms with Gasteiger partial charge in [0.2, 0.25) is 5.54 Å². The maximum atomic E-state index is 12.8. The third kappa shape index (κ3) is 5.22. The van der Waals surface area contributed by atoms with Crippen LogP contribution in [0.3, 0.4) is 0 Å². The first kappa shape index (κ1) is 25.7. The highest BCUT2D eigenvalue weighted by Crippen LogP contribution is 2.44. The smallest absolute Gasteiger partial charge is 0.409 e. The SMILES string of the molecule is CC(C)(C)OC(=O)[C@](N)(CN1CCN(C(=O)OCC2c3ccccc3-c3ccccc32)CC1)C(=O)O. The van der Waals surface area contributed by atoms with Gasteiger partial charge in [-0.25, -0.2) is 14.4 Å². The van der Waals surface area contributed by atoms with E-state index in [-0.39, 0.29) is 19.1 Å². The van der Waals surface area contributed by atoms with Gasteiger partial charge in [0.15, 0.2) is 0 Å². The fraction of sp³-hybridized carbons (Fsp3) is 0.444. The van der Waals surface area contributed by atoms with Gasteiger partial charge in [-0.1, -0.05) is 48.5 Å². The molecule has 1 heterocycles. The van der Waals surface area contributed by atoms with Gasteiger partial charge in [-0.3, -0.25) is 4.90 Å². The molecule has 4 rings (SSSR count). The molecule has 36 heavy (non-hydrogen) atoms. The van der Waals surface area contributed by atoms with E-state index in [0.29, 0.717) is 26.2 Å². The van der Waals surface area contributed by atoms with Crippen molar-refractivity contribution in [3.05, 3.63) is 59.7 Å². The van der Waals surface area contributed by atoms with Gasteiger partial charge in [-0.2, -0.15) is 0 Å². The van der Waals surface area contributed by atoms with Crippen LogP contribution in [0.1, 0.15) is 37.8 Å². The number of rotatable bonds is 6. The fourth-order valence-electron chi connectivity index (χ4n) is 4.72. The van der Waals surface area contributed by atoms with Crippen LogP contribution in [0.2, 0.25) is 0 Å². The normalized spacial score (nSPS) is 17.6. The lowest BCUT2D eigenvalue weighted by atomic mass is 9.98. The van der Waals surface area contributed by atoms with E-state index in [1.807, 2.05) is 24.3 Å². The van der Waals surface area contributed by atoms with Crippen LogP contribution in [-0.4, -0.2) is 83.4 Å². The molecule has 1 saturated heterocycles. The second-order valence-corrected chi connectivity index (χ2v) is 10.3. The van der Waals surface area contributed by atoms with Crippen LogP contribution in [0.15, 0.2) is 48.5 Å². The minimum absolute atomic E-state index is 0.0232. The van der Waals surface area contributed by atoms with Gasteiger partial charge in [0, 0.05) is 38.6 Å². The van der Waals surface area contributed by atoms with Crippen LogP contribution in [0, 0.1) is 0 Å². The molecule has 0 unspecified atom stereocenters. The Morgan fingerprint density at radius 2 is 1.47 bits per heavy atom. The lowest BCUT2D eigenvalue weighted by Crippen LogP contribution is -2.65. The predicted molar refractivity (Wildman–Crippen MR) is 133 cm³/mol. The average molecular weight is 496 g/mol. The summed E-state index contributed by atoms with van der Waals surface area (Å²) < 4.78 is 11.0. The van der Waals surface area contributed by atoms with Gasteiger partial charge in [0.1, 0.15) is 12.2 Å². The molecule has 3 N–H and O–H groups in total. The number of piperazine rings is 1. The van der Waals surface area contributed by atoms with E-state index in [2.05, 4.69) is 24.3 Å². The van der Waals surface area contributed by atoms with Crippen molar-refractivity contribution in [1.82, 2.24) is 9.80 Å². The highest BCUT2D eigenvalue weighted by atomic mass is 16.6. The third-order valence-electron chi connectivity index (χ3n) is 6.58. The number of benzene rings is 2. The van der Waals surface area contributed by atoms with Gasteiger partial charge >= 0.3 is 18.0 Å². The summed E-state index contributed by atoms with van der Waals surface area (Å²) in [5, 5.41) is 9.65. The maximum absolute atomic E-state index is 12.8. The summed E-state index contributed by atoms with van der Waals surface area (Å²) in [7, 11) is 0. The quantitative estimate of drug-likeness (QED) is 0.463. The minimum Gasteiger partial charge on any atom is -0.479 e. The zero-order valence-electron chi connectivity index (χ0n) is 20.9. The summed E-state index contributed by atoms with van der Waals surface area (Å²) in [5.74, 6) is -2.46. The Hall–Kier alpha value is -3.43. The summed E-state index contributed by atoms with van der Waals surface area (Å²) in [5.41, 5.74) is 7.55. The standard InChI is InChI=1S/C27H33N3O6/c1-26(2,3)36-24(33)27(28,23(31)32)17-29-12-14-30(15-13-29)25(34)35-16-22-20-10-6-4-8-18(20)19-9-5-7-11-21(19)22/h4-11,22H,12-17,28H2,1-3H3,(H,31,32)/t27-/m0/s1. The third-order valence-corrected chi connectivity index (χ3v) is 6.58. The number of amides is 1. The van der Waals surface area contributed by atoms with E-state index >= 15 is 0 Å². The predicted octanol–water partition coefficient (Wildman–Crippen LogP) is 2.68. The molecule has 9 nitrogen and oxygen atoms in total. The molecule has 9 heteroatoms. The Morgan fingerprint density at radius 1 is 0.944 bits per heavy atom. The van der Waals surface area contributed by atoms with Gasteiger partial charge < -0.3 is 25.2 Å². The van der Waals surface area contributed by atoms with E-state index in [0.717, 1.165) is 22.3 Å². The number of aliphatic carboxylic acids is 1. The van der Waals surface area contributed by atoms with Crippen molar-refractivity contribution in [1.29, 1.82) is 0 Å². The number of fused-ring (bicyclic) bond motifs is 3. The Morgan fingerprint density at radius 3 is 1.97 bits per heavy atom. The second kappa shape index (κ2) is 9.91. The first-order chi connectivity index (χ1) is 17.0. The number of carboxylic acids is 1. The van der Waals surface area contributed by atoms with Crippen molar-refractivity contribution in [3.8, 4) is 11.1 Å². The number of ether oxygens (including phenoxy) is 2. The number of hydrogen-bond donors (Lipinski definition) is 2. The molecular weight excluding hydrogens is 462 g/mol. The van der Waals surface area contributed by atoms with Crippen LogP contribution in [-0.2, 0) is 19.1 Å². The lowest BCUT2D eigenvalue weighted by Gasteiger charge is -2.37. The van der Waals surface area contributed by atoms with Crippen LogP contribution < -0.4 is 5.73 Å². The van der Waals surface area contributed by atoms with E-state index < -0.39 is 29.2 Å². The number of carbonyl (C=O) groups excluding carboxylic acids is 2. The first-order valence-corrected chi connectivity index (χ1v) is 12.1. The molecular formula is C27H33N3O6. The Labute approximate surface area is 210 Å². The number of carboxylic acid groups (broad SMARTS) is 1. The highest BCUT2D eigenvalue weighted by Gasteiger charge is 2.47. The zero-order valence-corrected chi connectivity index (χ0v) is 20.9. The Bertz CT molecular complexity index is 1110. The number of nitrogens with zero attached hydrogens (tertiary/aromatic N) is 2. The molecule has 2 aromatic carbocycles. The maximum Gasteiger partial charge on any atom is 0.409 e. The van der Waals surface area contributed by atoms with E-state index in [9.17, 15) is 19.5 Å². The highest BCUT2D eigenvalue weighted by molar-refractivity contribution is 6.04. The summed E-state index contributed by atoms with van der Waals surface area (Å²) in [4.78, 5) is 40.5. The zero-order chi connectivity index (χ0) is 26.1. The van der Waals surface area contributed by atoms with Crippen molar-refractivity contribution in [2.45, 2.75) is 37.8 Å². The van der Waals surface area contributed by atoms with Gasteiger partial charge in [-0.15, -0.1) is 0 Å². The molecule has 0 saturated carbocycles. The number of nitrogens with two attached hydrogens (primary N) is 1. The summed E-state index contributed by atoms with van der Waals surface area (Å²) >= 11 is 0. The topological polar surface area (TPSA) is 122 Å². The number of carbonyl (C=O) groups is 3. The Kier molecular flexibility index (Phi) is 7.06. The van der Waals surface area contributed by atoms with Crippen molar-refractivity contribution in [3.63, 3.8) is 0 Å². The average Bonchev–Trinajstić information content (AvgIpc) is 3.15. The molecule has 1 amide bonds. The molecule has 0 bridgehead atoms.